The first kappa shape index (κ1) is 19.5. The molecule has 134 valence electrons. The Balaban J connectivity index is 2.36. The van der Waals surface area contributed by atoms with Crippen LogP contribution in [0.4, 0.5) is 11.4 Å². The van der Waals surface area contributed by atoms with Gasteiger partial charge in [-0.15, -0.1) is 0 Å². The standard InChI is InChI=1S/C18H21BrN2O3S/c1-12-5-6-13(2)17(11-12)21(25(4,23)24)14(3)18(22)20-16-9-7-15(19)8-10-16/h5-11,14H,1-4H3,(H,20,22)/t14-/m0/s1. The topological polar surface area (TPSA) is 66.5 Å². The van der Waals surface area contributed by atoms with Crippen LogP contribution in [-0.4, -0.2) is 26.6 Å². The molecular formula is C18H21BrN2O3S. The van der Waals surface area contributed by atoms with E-state index in [-0.39, 0.29) is 0 Å². The number of nitrogens with one attached hydrogen (secondary N) is 1. The lowest BCUT2D eigenvalue weighted by Gasteiger charge is -2.29. The van der Waals surface area contributed by atoms with Gasteiger partial charge in [0, 0.05) is 10.2 Å². The Bertz CT molecular complexity index is 880. The molecule has 25 heavy (non-hydrogen) atoms. The summed E-state index contributed by atoms with van der Waals surface area (Å²) >= 11 is 3.33. The second-order valence-corrected chi connectivity index (χ2v) is 8.80. The Labute approximate surface area is 157 Å². The van der Waals surface area contributed by atoms with E-state index in [0.29, 0.717) is 11.4 Å². The van der Waals surface area contributed by atoms with Crippen molar-refractivity contribution < 1.29 is 13.2 Å². The van der Waals surface area contributed by atoms with Gasteiger partial charge in [0.25, 0.3) is 0 Å². The van der Waals surface area contributed by atoms with E-state index in [4.69, 9.17) is 0 Å². The number of aryl methyl sites for hydroxylation is 2. The maximum absolute atomic E-state index is 12.6. The summed E-state index contributed by atoms with van der Waals surface area (Å²) in [6.07, 6.45) is 1.11. The van der Waals surface area contributed by atoms with E-state index in [1.54, 1.807) is 37.3 Å². The van der Waals surface area contributed by atoms with Crippen LogP contribution in [-0.2, 0) is 14.8 Å². The molecule has 0 heterocycles. The van der Waals surface area contributed by atoms with E-state index < -0.39 is 22.0 Å². The van der Waals surface area contributed by atoms with Gasteiger partial charge in [-0.1, -0.05) is 28.1 Å². The fourth-order valence-electron chi connectivity index (χ4n) is 2.52. The van der Waals surface area contributed by atoms with E-state index >= 15 is 0 Å². The number of carbonyl (C=O) groups excluding carboxylic acids is 1. The summed E-state index contributed by atoms with van der Waals surface area (Å²) in [6, 6.07) is 11.8. The molecule has 2 aromatic rings. The highest BCUT2D eigenvalue weighted by molar-refractivity contribution is 9.10. The van der Waals surface area contributed by atoms with E-state index in [1.165, 1.54) is 4.31 Å². The fourth-order valence-corrected chi connectivity index (χ4v) is 4.01. The molecular weight excluding hydrogens is 404 g/mol. The number of hydrogen-bond acceptors (Lipinski definition) is 3. The largest absolute Gasteiger partial charge is 0.324 e. The average Bonchev–Trinajstić information content (AvgIpc) is 2.51. The third-order valence-corrected chi connectivity index (χ3v) is 5.56. The van der Waals surface area contributed by atoms with Crippen LogP contribution in [0.1, 0.15) is 18.1 Å². The number of carbonyl (C=O) groups is 1. The van der Waals surface area contributed by atoms with Gasteiger partial charge in [0.1, 0.15) is 6.04 Å². The lowest BCUT2D eigenvalue weighted by molar-refractivity contribution is -0.116. The van der Waals surface area contributed by atoms with Crippen LogP contribution in [0, 0.1) is 13.8 Å². The molecule has 5 nitrogen and oxygen atoms in total. The molecule has 0 aliphatic rings. The quantitative estimate of drug-likeness (QED) is 0.791. The van der Waals surface area contributed by atoms with Crippen LogP contribution in [0.15, 0.2) is 46.9 Å². The third kappa shape index (κ3) is 4.83. The Kier molecular flexibility index (Phi) is 5.90. The second kappa shape index (κ2) is 7.58. The molecule has 2 rings (SSSR count). The second-order valence-electron chi connectivity index (χ2n) is 6.02. The van der Waals surface area contributed by atoms with E-state index in [0.717, 1.165) is 21.9 Å². The number of anilines is 2. The minimum absolute atomic E-state index is 0.395. The van der Waals surface area contributed by atoms with Crippen LogP contribution in [0.25, 0.3) is 0 Å². The number of sulfonamides is 1. The molecule has 0 aliphatic carbocycles. The average molecular weight is 425 g/mol. The van der Waals surface area contributed by atoms with Crippen molar-refractivity contribution in [2.45, 2.75) is 26.8 Å². The van der Waals surface area contributed by atoms with Gasteiger partial charge in [-0.25, -0.2) is 8.42 Å². The Morgan fingerprint density at radius 2 is 1.72 bits per heavy atom. The van der Waals surface area contributed by atoms with Crippen molar-refractivity contribution in [1.29, 1.82) is 0 Å². The monoisotopic (exact) mass is 424 g/mol. The van der Waals surface area contributed by atoms with E-state index in [2.05, 4.69) is 21.2 Å². The first-order valence-corrected chi connectivity index (χ1v) is 10.4. The van der Waals surface area contributed by atoms with Crippen LogP contribution in [0.2, 0.25) is 0 Å². The number of amides is 1. The van der Waals surface area contributed by atoms with Gasteiger partial charge in [0.05, 0.1) is 11.9 Å². The zero-order valence-electron chi connectivity index (χ0n) is 14.6. The zero-order chi connectivity index (χ0) is 18.8. The first-order chi connectivity index (χ1) is 11.6. The summed E-state index contributed by atoms with van der Waals surface area (Å²) in [5.74, 6) is -0.395. The van der Waals surface area contributed by atoms with Crippen molar-refractivity contribution >= 4 is 43.2 Å². The summed E-state index contributed by atoms with van der Waals surface area (Å²) in [6.45, 7) is 5.29. The third-order valence-electron chi connectivity index (χ3n) is 3.80. The van der Waals surface area contributed by atoms with Crippen LogP contribution >= 0.6 is 15.9 Å². The molecule has 0 bridgehead atoms. The number of nitrogens with zero attached hydrogens (tertiary/aromatic N) is 1. The summed E-state index contributed by atoms with van der Waals surface area (Å²) in [4.78, 5) is 12.6. The molecule has 1 N–H and O–H groups in total. The first-order valence-electron chi connectivity index (χ1n) is 7.72. The van der Waals surface area contributed by atoms with Gasteiger partial charge in [-0.3, -0.25) is 9.10 Å². The molecule has 7 heteroatoms. The SMILES string of the molecule is Cc1ccc(C)c(N([C@@H](C)C(=O)Nc2ccc(Br)cc2)S(C)(=O)=O)c1. The van der Waals surface area contributed by atoms with Crippen molar-refractivity contribution in [3.05, 3.63) is 58.1 Å². The Hall–Kier alpha value is -1.86. The van der Waals surface area contributed by atoms with Crippen molar-refractivity contribution in [3.63, 3.8) is 0 Å². The molecule has 0 aliphatic heterocycles. The summed E-state index contributed by atoms with van der Waals surface area (Å²) in [5, 5.41) is 2.76. The highest BCUT2D eigenvalue weighted by Gasteiger charge is 2.30. The predicted molar refractivity (Wildman–Crippen MR) is 105 cm³/mol. The van der Waals surface area contributed by atoms with E-state index in [9.17, 15) is 13.2 Å². The Morgan fingerprint density at radius 1 is 1.12 bits per heavy atom. The molecule has 0 saturated carbocycles. The molecule has 0 saturated heterocycles. The Morgan fingerprint density at radius 3 is 2.28 bits per heavy atom. The smallest absolute Gasteiger partial charge is 0.247 e. The van der Waals surface area contributed by atoms with E-state index in [1.807, 2.05) is 26.0 Å². The number of halogens is 1. The maximum Gasteiger partial charge on any atom is 0.247 e. The molecule has 0 radical (unpaired) electrons. The summed E-state index contributed by atoms with van der Waals surface area (Å²) in [5.41, 5.74) is 2.84. The van der Waals surface area contributed by atoms with Crippen molar-refractivity contribution in [3.8, 4) is 0 Å². The zero-order valence-corrected chi connectivity index (χ0v) is 17.0. The minimum Gasteiger partial charge on any atom is -0.324 e. The van der Waals surface area contributed by atoms with Gasteiger partial charge in [-0.05, 0) is 62.2 Å². The van der Waals surface area contributed by atoms with Gasteiger partial charge in [-0.2, -0.15) is 0 Å². The van der Waals surface area contributed by atoms with Crippen molar-refractivity contribution in [2.75, 3.05) is 15.9 Å². The lowest BCUT2D eigenvalue weighted by Crippen LogP contribution is -2.45. The van der Waals surface area contributed by atoms with Gasteiger partial charge < -0.3 is 5.32 Å². The fraction of sp³-hybridized carbons (Fsp3) is 0.278. The molecule has 1 atom stereocenters. The predicted octanol–water partition coefficient (Wildman–Crippen LogP) is 3.86. The number of rotatable bonds is 5. The van der Waals surface area contributed by atoms with Gasteiger partial charge in [0.2, 0.25) is 15.9 Å². The lowest BCUT2D eigenvalue weighted by atomic mass is 10.1. The maximum atomic E-state index is 12.6. The van der Waals surface area contributed by atoms with Crippen LogP contribution in [0.3, 0.4) is 0 Å². The normalized spacial score (nSPS) is 12.5. The highest BCUT2D eigenvalue weighted by Crippen LogP contribution is 2.26. The summed E-state index contributed by atoms with van der Waals surface area (Å²) in [7, 11) is -3.64. The highest BCUT2D eigenvalue weighted by atomic mass is 79.9. The molecule has 2 aromatic carbocycles. The van der Waals surface area contributed by atoms with Gasteiger partial charge >= 0.3 is 0 Å². The molecule has 0 unspecified atom stereocenters. The van der Waals surface area contributed by atoms with Crippen molar-refractivity contribution in [2.24, 2.45) is 0 Å². The van der Waals surface area contributed by atoms with Crippen LogP contribution < -0.4 is 9.62 Å². The molecule has 0 aromatic heterocycles. The number of hydrogen-bond donors (Lipinski definition) is 1. The molecule has 1 amide bonds. The summed E-state index contributed by atoms with van der Waals surface area (Å²) < 4.78 is 26.8. The minimum atomic E-state index is -3.64. The molecule has 0 fully saturated rings. The number of benzene rings is 2. The van der Waals surface area contributed by atoms with Crippen LogP contribution in [0.5, 0.6) is 0 Å². The molecule has 0 spiro atoms. The van der Waals surface area contributed by atoms with Crippen molar-refractivity contribution in [1.82, 2.24) is 0 Å². The van der Waals surface area contributed by atoms with Gasteiger partial charge in [0.15, 0.2) is 0 Å².